The van der Waals surface area contributed by atoms with Gasteiger partial charge in [0.1, 0.15) is 5.69 Å². The summed E-state index contributed by atoms with van der Waals surface area (Å²) in [6.07, 6.45) is 8.88. The van der Waals surface area contributed by atoms with E-state index in [4.69, 9.17) is 24.9 Å². The Bertz CT molecular complexity index is 1100. The van der Waals surface area contributed by atoms with Crippen molar-refractivity contribution in [3.8, 4) is 16.3 Å². The molecule has 32 heavy (non-hydrogen) atoms. The van der Waals surface area contributed by atoms with Crippen molar-refractivity contribution in [2.45, 2.75) is 19.5 Å². The maximum atomic E-state index is 9.10. The molecule has 0 bridgehead atoms. The van der Waals surface area contributed by atoms with E-state index in [0.29, 0.717) is 0 Å². The first-order chi connectivity index (χ1) is 15.5. The number of aryl methyl sites for hydroxylation is 1. The smallest absolute Gasteiger partial charge is 0.414 e. The van der Waals surface area contributed by atoms with E-state index >= 15 is 0 Å². The molecule has 10 heteroatoms. The van der Waals surface area contributed by atoms with Gasteiger partial charge in [0.25, 0.3) is 0 Å². The summed E-state index contributed by atoms with van der Waals surface area (Å²) in [6, 6.07) is 14.5. The first-order valence-corrected chi connectivity index (χ1v) is 10.7. The van der Waals surface area contributed by atoms with Crippen LogP contribution in [-0.4, -0.2) is 48.0 Å². The van der Waals surface area contributed by atoms with Gasteiger partial charge >= 0.3 is 11.9 Å². The lowest BCUT2D eigenvalue weighted by Crippen LogP contribution is -2.16. The van der Waals surface area contributed by atoms with Crippen LogP contribution < -0.4 is 5.32 Å². The first-order valence-electron chi connectivity index (χ1n) is 9.85. The predicted molar refractivity (Wildman–Crippen MR) is 121 cm³/mol. The van der Waals surface area contributed by atoms with Crippen molar-refractivity contribution in [1.82, 2.24) is 24.6 Å². The normalized spacial score (nSPS) is 10.4. The molecule has 0 aliphatic rings. The molecule has 0 saturated carbocycles. The monoisotopic (exact) mass is 453 g/mol. The molecular formula is C22H23N5O4S. The van der Waals surface area contributed by atoms with Crippen LogP contribution >= 0.6 is 11.3 Å². The first kappa shape index (κ1) is 22.9. The minimum Gasteiger partial charge on any atom is -0.473 e. The van der Waals surface area contributed by atoms with Crippen molar-refractivity contribution in [3.05, 3.63) is 78.3 Å². The van der Waals surface area contributed by atoms with E-state index < -0.39 is 11.9 Å². The quantitative estimate of drug-likeness (QED) is 0.277. The third-order valence-electron chi connectivity index (χ3n) is 4.39. The van der Waals surface area contributed by atoms with Crippen LogP contribution in [0.2, 0.25) is 0 Å². The van der Waals surface area contributed by atoms with Crippen molar-refractivity contribution in [1.29, 1.82) is 0 Å². The maximum Gasteiger partial charge on any atom is 0.414 e. The summed E-state index contributed by atoms with van der Waals surface area (Å²) >= 11 is 1.73. The predicted octanol–water partition coefficient (Wildman–Crippen LogP) is 3.13. The van der Waals surface area contributed by atoms with Crippen molar-refractivity contribution in [3.63, 3.8) is 0 Å². The van der Waals surface area contributed by atoms with Gasteiger partial charge in [-0.1, -0.05) is 24.3 Å². The van der Waals surface area contributed by atoms with Gasteiger partial charge in [-0.25, -0.2) is 19.3 Å². The number of nitrogens with zero attached hydrogens (tertiary/aromatic N) is 4. The largest absolute Gasteiger partial charge is 0.473 e. The number of aromatic nitrogens is 4. The lowest BCUT2D eigenvalue weighted by Gasteiger charge is -2.05. The fourth-order valence-corrected chi connectivity index (χ4v) is 3.65. The van der Waals surface area contributed by atoms with E-state index in [0.717, 1.165) is 37.4 Å². The number of nitrogens with one attached hydrogen (secondary N) is 1. The number of carbonyl (C=O) groups is 2. The molecule has 0 fully saturated rings. The van der Waals surface area contributed by atoms with E-state index in [9.17, 15) is 0 Å². The molecule has 4 aromatic rings. The van der Waals surface area contributed by atoms with E-state index in [1.165, 1.54) is 10.4 Å². The Labute approximate surface area is 188 Å². The summed E-state index contributed by atoms with van der Waals surface area (Å²) < 4.78 is 4.07. The second-order valence-electron chi connectivity index (χ2n) is 6.70. The summed E-state index contributed by atoms with van der Waals surface area (Å²) in [4.78, 5) is 23.5. The van der Waals surface area contributed by atoms with Crippen LogP contribution in [0.3, 0.4) is 0 Å². The second kappa shape index (κ2) is 11.6. The number of carboxylic acid groups (broad SMARTS) is 2. The van der Waals surface area contributed by atoms with Crippen LogP contribution in [0, 0.1) is 0 Å². The van der Waals surface area contributed by atoms with Gasteiger partial charge in [-0.05, 0) is 36.5 Å². The van der Waals surface area contributed by atoms with Crippen molar-refractivity contribution in [2.75, 3.05) is 6.54 Å². The molecule has 3 heterocycles. The number of thiophene rings is 1. The van der Waals surface area contributed by atoms with E-state index in [2.05, 4.69) is 50.7 Å². The SMILES string of the molecule is O=C(O)C(=O)O.c1ccc(-n2cc(CNCCCn3ccnc3)c(-c3cccs3)n2)cc1. The fourth-order valence-electron chi connectivity index (χ4n) is 2.90. The van der Waals surface area contributed by atoms with Crippen LogP contribution in [0.1, 0.15) is 12.0 Å². The summed E-state index contributed by atoms with van der Waals surface area (Å²) in [5.74, 6) is -3.65. The standard InChI is InChI=1S/C20H21N5S.C2H2O4/c1-2-6-18(7-3-1)25-15-17(20(23-25)19-8-4-13-26-19)14-21-9-5-11-24-12-10-22-16-24;3-1(4)2(5)6/h1-4,6-8,10,12-13,15-16,21H,5,9,11,14H2;(H,3,4)(H,5,6). The molecular weight excluding hydrogens is 430 g/mol. The Morgan fingerprint density at radius 2 is 1.84 bits per heavy atom. The number of benzene rings is 1. The van der Waals surface area contributed by atoms with Crippen molar-refractivity contribution < 1.29 is 19.8 Å². The van der Waals surface area contributed by atoms with Crippen LogP contribution in [0.25, 0.3) is 16.3 Å². The van der Waals surface area contributed by atoms with Gasteiger partial charge < -0.3 is 20.1 Å². The average Bonchev–Trinajstić information content (AvgIpc) is 3.56. The van der Waals surface area contributed by atoms with E-state index in [-0.39, 0.29) is 0 Å². The van der Waals surface area contributed by atoms with Gasteiger partial charge in [0.15, 0.2) is 0 Å². The van der Waals surface area contributed by atoms with Crippen LogP contribution in [0.5, 0.6) is 0 Å². The molecule has 0 spiro atoms. The van der Waals surface area contributed by atoms with Crippen LogP contribution in [0.15, 0.2) is 72.8 Å². The molecule has 1 aromatic carbocycles. The molecule has 3 N–H and O–H groups in total. The van der Waals surface area contributed by atoms with E-state index in [1.54, 1.807) is 11.3 Å². The molecule has 0 aliphatic carbocycles. The third kappa shape index (κ3) is 6.62. The van der Waals surface area contributed by atoms with Gasteiger partial charge in [-0.2, -0.15) is 5.10 Å². The molecule has 0 unspecified atom stereocenters. The zero-order valence-corrected chi connectivity index (χ0v) is 18.0. The fraction of sp³-hybridized carbons (Fsp3) is 0.182. The molecule has 0 atom stereocenters. The zero-order valence-electron chi connectivity index (χ0n) is 17.2. The molecule has 4 rings (SSSR count). The Morgan fingerprint density at radius 3 is 2.47 bits per heavy atom. The minimum atomic E-state index is -1.82. The number of hydrogen-bond donors (Lipinski definition) is 3. The molecule has 0 aliphatic heterocycles. The number of rotatable bonds is 8. The topological polar surface area (TPSA) is 122 Å². The maximum absolute atomic E-state index is 9.10. The van der Waals surface area contributed by atoms with Gasteiger partial charge in [-0.3, -0.25) is 0 Å². The second-order valence-corrected chi connectivity index (χ2v) is 7.65. The number of imidazole rings is 1. The number of carboxylic acids is 2. The molecule has 166 valence electrons. The van der Waals surface area contributed by atoms with Gasteiger partial charge in [-0.15, -0.1) is 11.3 Å². The summed E-state index contributed by atoms with van der Waals surface area (Å²) in [7, 11) is 0. The van der Waals surface area contributed by atoms with Gasteiger partial charge in [0, 0.05) is 37.2 Å². The molecule has 3 aromatic heterocycles. The minimum absolute atomic E-state index is 0.810. The van der Waals surface area contributed by atoms with Gasteiger partial charge in [0.2, 0.25) is 0 Å². The zero-order chi connectivity index (χ0) is 22.8. The molecule has 9 nitrogen and oxygen atoms in total. The van der Waals surface area contributed by atoms with Crippen molar-refractivity contribution >= 4 is 23.3 Å². The molecule has 0 amide bonds. The summed E-state index contributed by atoms with van der Waals surface area (Å²) in [5.41, 5.74) is 3.36. The van der Waals surface area contributed by atoms with E-state index in [1.807, 2.05) is 41.6 Å². The number of para-hydroxylation sites is 1. The number of hydrogen-bond acceptors (Lipinski definition) is 6. The Hall–Kier alpha value is -3.76. The van der Waals surface area contributed by atoms with Gasteiger partial charge in [0.05, 0.1) is 16.9 Å². The van der Waals surface area contributed by atoms with Crippen molar-refractivity contribution in [2.24, 2.45) is 0 Å². The molecule has 0 radical (unpaired) electrons. The number of aliphatic carboxylic acids is 2. The third-order valence-corrected chi connectivity index (χ3v) is 5.27. The average molecular weight is 454 g/mol. The highest BCUT2D eigenvalue weighted by molar-refractivity contribution is 7.13. The lowest BCUT2D eigenvalue weighted by molar-refractivity contribution is -0.159. The highest BCUT2D eigenvalue weighted by Crippen LogP contribution is 2.27. The lowest BCUT2D eigenvalue weighted by atomic mass is 10.2. The Morgan fingerprint density at radius 1 is 1.06 bits per heavy atom. The van der Waals surface area contributed by atoms with Crippen LogP contribution in [0.4, 0.5) is 0 Å². The summed E-state index contributed by atoms with van der Waals surface area (Å²) in [6.45, 7) is 2.75. The highest BCUT2D eigenvalue weighted by atomic mass is 32.1. The Balaban J connectivity index is 0.000000427. The highest BCUT2D eigenvalue weighted by Gasteiger charge is 2.12. The van der Waals surface area contributed by atoms with Crippen LogP contribution in [-0.2, 0) is 22.7 Å². The Kier molecular flexibility index (Phi) is 8.29. The summed E-state index contributed by atoms with van der Waals surface area (Å²) in [5, 5.41) is 25.3. The molecule has 0 saturated heterocycles.